The van der Waals surface area contributed by atoms with Crippen LogP contribution in [0, 0.1) is 17.6 Å². The number of guanidine groups is 1. The molecule has 1 unspecified atom stereocenters. The van der Waals surface area contributed by atoms with E-state index in [-0.39, 0.29) is 18.1 Å². The van der Waals surface area contributed by atoms with Gasteiger partial charge in [0.25, 0.3) is 0 Å². The van der Waals surface area contributed by atoms with Gasteiger partial charge in [0.2, 0.25) is 5.95 Å². The van der Waals surface area contributed by atoms with Crippen LogP contribution in [0.1, 0.15) is 11.1 Å². The Labute approximate surface area is 125 Å². The third-order valence-corrected chi connectivity index (χ3v) is 3.71. The Kier molecular flexibility index (Phi) is 3.27. The van der Waals surface area contributed by atoms with E-state index >= 15 is 0 Å². The molecule has 4 nitrogen and oxygen atoms in total. The number of benzene rings is 1. The molecule has 0 aliphatic carbocycles. The number of nitrogens with two attached hydrogens (primary N) is 1. The summed E-state index contributed by atoms with van der Waals surface area (Å²) in [4.78, 5) is 9.50. The summed E-state index contributed by atoms with van der Waals surface area (Å²) >= 11 is 0. The van der Waals surface area contributed by atoms with Crippen LogP contribution in [0.15, 0.2) is 41.5 Å². The molecule has 0 amide bonds. The van der Waals surface area contributed by atoms with Crippen LogP contribution in [0.2, 0.25) is 0 Å². The fraction of sp³-hybridized carbons (Fsp3) is 0.200. The van der Waals surface area contributed by atoms with Crippen molar-refractivity contribution in [3.63, 3.8) is 0 Å². The van der Waals surface area contributed by atoms with Gasteiger partial charge in [0.05, 0.1) is 6.54 Å². The number of hydrogen-bond acceptors (Lipinski definition) is 4. The molecule has 0 radical (unpaired) electrons. The molecule has 1 aromatic carbocycles. The van der Waals surface area contributed by atoms with Gasteiger partial charge in [-0.1, -0.05) is 0 Å². The van der Waals surface area contributed by atoms with Gasteiger partial charge >= 0.3 is 0 Å². The first-order valence-electron chi connectivity index (χ1n) is 6.56. The zero-order chi connectivity index (χ0) is 15.9. The molecule has 7 heteroatoms. The highest BCUT2D eigenvalue weighted by molar-refractivity contribution is 5.81. The van der Waals surface area contributed by atoms with Crippen LogP contribution in [0.4, 0.5) is 13.2 Å². The van der Waals surface area contributed by atoms with Crippen molar-refractivity contribution in [1.29, 1.82) is 0 Å². The Morgan fingerprint density at radius 1 is 1.09 bits per heavy atom. The summed E-state index contributed by atoms with van der Waals surface area (Å²) in [6.45, 7) is 0.241. The van der Waals surface area contributed by atoms with Gasteiger partial charge in [-0.25, -0.2) is 18.8 Å². The molecule has 3 rings (SSSR count). The zero-order valence-corrected chi connectivity index (χ0v) is 11.7. The van der Waals surface area contributed by atoms with Crippen molar-refractivity contribution in [2.45, 2.75) is 5.54 Å². The first-order chi connectivity index (χ1) is 10.4. The number of nitrogens with zero attached hydrogens (tertiary/aromatic N) is 3. The van der Waals surface area contributed by atoms with Gasteiger partial charge in [0, 0.05) is 19.3 Å². The minimum Gasteiger partial charge on any atom is -0.370 e. The van der Waals surface area contributed by atoms with Crippen LogP contribution >= 0.6 is 0 Å². The van der Waals surface area contributed by atoms with Gasteiger partial charge in [0.15, 0.2) is 5.96 Å². The van der Waals surface area contributed by atoms with Crippen LogP contribution in [0.3, 0.4) is 0 Å². The van der Waals surface area contributed by atoms with E-state index < -0.39 is 23.1 Å². The Bertz CT molecular complexity index is 742. The number of aromatic nitrogens is 1. The Balaban J connectivity index is 2.25. The average Bonchev–Trinajstić information content (AvgIpc) is 2.75. The number of aliphatic imine (C=N–C) groups is 1. The van der Waals surface area contributed by atoms with Crippen LogP contribution in [0.25, 0.3) is 0 Å². The molecule has 22 heavy (non-hydrogen) atoms. The lowest BCUT2D eigenvalue weighted by atomic mass is 9.84. The molecule has 2 N–H and O–H groups in total. The van der Waals surface area contributed by atoms with E-state index in [4.69, 9.17) is 5.73 Å². The summed E-state index contributed by atoms with van der Waals surface area (Å²) < 4.78 is 40.7. The predicted molar refractivity (Wildman–Crippen MR) is 75.6 cm³/mol. The van der Waals surface area contributed by atoms with Crippen molar-refractivity contribution in [2.24, 2.45) is 10.7 Å². The third kappa shape index (κ3) is 2.28. The van der Waals surface area contributed by atoms with Crippen molar-refractivity contribution in [2.75, 3.05) is 13.6 Å². The fourth-order valence-electron chi connectivity index (χ4n) is 2.67. The van der Waals surface area contributed by atoms with Crippen molar-refractivity contribution >= 4 is 5.96 Å². The topological polar surface area (TPSA) is 54.5 Å². The number of pyridine rings is 1. The molecule has 2 aromatic rings. The highest BCUT2D eigenvalue weighted by Gasteiger charge is 2.41. The van der Waals surface area contributed by atoms with Gasteiger partial charge in [-0.05, 0) is 35.4 Å². The predicted octanol–water partition coefficient (Wildman–Crippen LogP) is 2.00. The summed E-state index contributed by atoms with van der Waals surface area (Å²) in [5, 5.41) is 0. The number of halogens is 3. The Hall–Kier alpha value is -2.57. The van der Waals surface area contributed by atoms with E-state index in [1.165, 1.54) is 24.4 Å². The van der Waals surface area contributed by atoms with Crippen LogP contribution in [0.5, 0.6) is 0 Å². The van der Waals surface area contributed by atoms with Crippen LogP contribution in [-0.2, 0) is 5.54 Å². The van der Waals surface area contributed by atoms with E-state index in [0.29, 0.717) is 5.56 Å². The maximum absolute atomic E-state index is 13.6. The van der Waals surface area contributed by atoms with Crippen LogP contribution in [-0.4, -0.2) is 29.4 Å². The molecule has 1 aliphatic rings. The molecule has 0 spiro atoms. The molecule has 0 saturated heterocycles. The lowest BCUT2D eigenvalue weighted by Gasteiger charge is -2.28. The second-order valence-corrected chi connectivity index (χ2v) is 5.21. The first-order valence-corrected chi connectivity index (χ1v) is 6.56. The molecular formula is C15H13F3N4. The van der Waals surface area contributed by atoms with E-state index in [1.54, 1.807) is 18.0 Å². The molecule has 2 heterocycles. The number of hydrogen-bond donors (Lipinski definition) is 1. The lowest BCUT2D eigenvalue weighted by molar-refractivity contribution is 0.426. The lowest BCUT2D eigenvalue weighted by Crippen LogP contribution is -2.35. The maximum atomic E-state index is 13.6. The minimum atomic E-state index is -1.18. The fourth-order valence-corrected chi connectivity index (χ4v) is 2.67. The molecule has 0 bridgehead atoms. The monoisotopic (exact) mass is 306 g/mol. The van der Waals surface area contributed by atoms with Gasteiger partial charge in [-0.2, -0.15) is 4.39 Å². The molecule has 0 fully saturated rings. The Morgan fingerprint density at radius 2 is 1.77 bits per heavy atom. The highest BCUT2D eigenvalue weighted by Crippen LogP contribution is 2.38. The largest absolute Gasteiger partial charge is 0.370 e. The summed E-state index contributed by atoms with van der Waals surface area (Å²) in [6.07, 6.45) is 1.28. The second-order valence-electron chi connectivity index (χ2n) is 5.21. The van der Waals surface area contributed by atoms with Gasteiger partial charge in [0.1, 0.15) is 17.2 Å². The van der Waals surface area contributed by atoms with E-state index in [0.717, 1.165) is 6.07 Å². The summed E-state index contributed by atoms with van der Waals surface area (Å²) in [7, 11) is 1.70. The zero-order valence-electron chi connectivity index (χ0n) is 11.7. The molecule has 1 atom stereocenters. The highest BCUT2D eigenvalue weighted by atomic mass is 19.1. The average molecular weight is 306 g/mol. The van der Waals surface area contributed by atoms with Gasteiger partial charge in [-0.3, -0.25) is 0 Å². The smallest absolute Gasteiger partial charge is 0.213 e. The molecule has 0 saturated carbocycles. The van der Waals surface area contributed by atoms with E-state index in [2.05, 4.69) is 9.98 Å². The summed E-state index contributed by atoms with van der Waals surface area (Å²) in [6, 6.07) is 5.88. The van der Waals surface area contributed by atoms with Crippen molar-refractivity contribution < 1.29 is 13.2 Å². The second kappa shape index (κ2) is 5.01. The van der Waals surface area contributed by atoms with Crippen LogP contribution < -0.4 is 5.73 Å². The number of likely N-dealkylation sites (N-methyl/N-ethyl adjacent to an activating group) is 1. The standard InChI is InChI=1S/C15H13F3N4/c1-22-8-15(21-14(22)19,9-2-3-20-13(18)6-9)10-4-11(16)7-12(17)5-10/h2-7H,8H2,1H3,(H2,19,21). The maximum Gasteiger partial charge on any atom is 0.213 e. The van der Waals surface area contributed by atoms with E-state index in [1.807, 2.05) is 0 Å². The molecule has 1 aromatic heterocycles. The number of rotatable bonds is 2. The van der Waals surface area contributed by atoms with Gasteiger partial charge in [-0.15, -0.1) is 0 Å². The molecular weight excluding hydrogens is 293 g/mol. The normalized spacial score (nSPS) is 21.1. The van der Waals surface area contributed by atoms with Crippen molar-refractivity contribution in [3.05, 3.63) is 65.2 Å². The van der Waals surface area contributed by atoms with Gasteiger partial charge < -0.3 is 10.6 Å². The first kappa shape index (κ1) is 14.4. The van der Waals surface area contributed by atoms with Crippen molar-refractivity contribution in [3.8, 4) is 0 Å². The summed E-state index contributed by atoms with van der Waals surface area (Å²) in [5.41, 5.74) is 5.34. The minimum absolute atomic E-state index is 0.210. The molecule has 114 valence electrons. The summed E-state index contributed by atoms with van der Waals surface area (Å²) in [5.74, 6) is -1.95. The quantitative estimate of drug-likeness (QED) is 0.864. The van der Waals surface area contributed by atoms with E-state index in [9.17, 15) is 13.2 Å². The Morgan fingerprint density at radius 3 is 2.32 bits per heavy atom. The van der Waals surface area contributed by atoms with Crippen molar-refractivity contribution in [1.82, 2.24) is 9.88 Å². The third-order valence-electron chi connectivity index (χ3n) is 3.71. The SMILES string of the molecule is CN1CC(c2cc(F)cc(F)c2)(c2ccnc(F)c2)N=C1N. The molecule has 1 aliphatic heterocycles.